The highest BCUT2D eigenvalue weighted by atomic mass is 19.3. The minimum Gasteiger partial charge on any atom is -0.487 e. The molecule has 0 aromatic heterocycles. The monoisotopic (exact) mass is 190 g/mol. The summed E-state index contributed by atoms with van der Waals surface area (Å²) in [5, 5.41) is 0. The summed E-state index contributed by atoms with van der Waals surface area (Å²) in [5.74, 6) is -3.29. The summed E-state index contributed by atoms with van der Waals surface area (Å²) in [6.07, 6.45) is 0. The van der Waals surface area contributed by atoms with E-state index in [9.17, 15) is 13.2 Å². The molecule has 1 nitrogen and oxygen atoms in total. The molecule has 0 saturated heterocycles. The maximum atomic E-state index is 12.5. The van der Waals surface area contributed by atoms with Crippen molar-refractivity contribution in [1.29, 1.82) is 0 Å². The molecule has 0 spiro atoms. The van der Waals surface area contributed by atoms with Crippen molar-refractivity contribution in [3.8, 4) is 5.75 Å². The van der Waals surface area contributed by atoms with E-state index in [4.69, 9.17) is 0 Å². The molecule has 0 N–H and O–H groups in total. The van der Waals surface area contributed by atoms with E-state index in [-0.39, 0.29) is 5.75 Å². The van der Waals surface area contributed by atoms with E-state index in [1.165, 1.54) is 18.2 Å². The summed E-state index contributed by atoms with van der Waals surface area (Å²) in [7, 11) is 0. The van der Waals surface area contributed by atoms with Crippen molar-refractivity contribution < 1.29 is 17.9 Å². The number of hydrogen-bond acceptors (Lipinski definition) is 1. The highest BCUT2D eigenvalue weighted by Gasteiger charge is 2.21. The van der Waals surface area contributed by atoms with E-state index >= 15 is 0 Å². The Morgan fingerprint density at radius 1 is 1.38 bits per heavy atom. The zero-order valence-electron chi connectivity index (χ0n) is 7.06. The molecule has 72 valence electrons. The Balaban J connectivity index is 2.55. The van der Waals surface area contributed by atoms with Crippen LogP contribution < -0.4 is 4.74 Å². The van der Waals surface area contributed by atoms with E-state index < -0.39 is 18.3 Å². The fraction of sp³-hybridized carbons (Fsp3) is 0.333. The first-order valence-corrected chi connectivity index (χ1v) is 3.73. The third-order valence-electron chi connectivity index (χ3n) is 1.29. The van der Waals surface area contributed by atoms with E-state index in [1.807, 2.05) is 0 Å². The quantitative estimate of drug-likeness (QED) is 0.712. The Labute approximate surface area is 74.1 Å². The van der Waals surface area contributed by atoms with Gasteiger partial charge < -0.3 is 4.74 Å². The Kier molecular flexibility index (Phi) is 2.80. The highest BCUT2D eigenvalue weighted by molar-refractivity contribution is 5.22. The van der Waals surface area contributed by atoms with E-state index in [0.717, 1.165) is 13.0 Å². The van der Waals surface area contributed by atoms with Gasteiger partial charge in [0.15, 0.2) is 6.61 Å². The van der Waals surface area contributed by atoms with Gasteiger partial charge in [0, 0.05) is 13.0 Å². The van der Waals surface area contributed by atoms with Crippen molar-refractivity contribution in [3.05, 3.63) is 30.1 Å². The van der Waals surface area contributed by atoms with Gasteiger partial charge in [0.1, 0.15) is 11.6 Å². The molecule has 0 radical (unpaired) electrons. The fourth-order valence-corrected chi connectivity index (χ4v) is 0.767. The average Bonchev–Trinajstić information content (AvgIpc) is 2.00. The van der Waals surface area contributed by atoms with Crippen molar-refractivity contribution in [2.45, 2.75) is 12.8 Å². The van der Waals surface area contributed by atoms with Gasteiger partial charge in [0.25, 0.3) is 5.92 Å². The van der Waals surface area contributed by atoms with Gasteiger partial charge in [-0.3, -0.25) is 0 Å². The number of hydrogen-bond donors (Lipinski definition) is 0. The summed E-state index contributed by atoms with van der Waals surface area (Å²) in [4.78, 5) is 0. The van der Waals surface area contributed by atoms with Crippen molar-refractivity contribution in [2.24, 2.45) is 0 Å². The van der Waals surface area contributed by atoms with Crippen LogP contribution in [-0.4, -0.2) is 12.5 Å². The van der Waals surface area contributed by atoms with Crippen LogP contribution in [0, 0.1) is 5.82 Å². The molecule has 0 bridgehead atoms. The minimum atomic E-state index is -2.90. The summed E-state index contributed by atoms with van der Waals surface area (Å²) >= 11 is 0. The fourth-order valence-electron chi connectivity index (χ4n) is 0.767. The number of rotatable bonds is 3. The summed E-state index contributed by atoms with van der Waals surface area (Å²) in [5.41, 5.74) is 0. The smallest absolute Gasteiger partial charge is 0.278 e. The molecule has 0 saturated carbocycles. The van der Waals surface area contributed by atoms with Gasteiger partial charge in [0.2, 0.25) is 0 Å². The van der Waals surface area contributed by atoms with Gasteiger partial charge in [-0.1, -0.05) is 6.07 Å². The molecule has 0 aliphatic heterocycles. The van der Waals surface area contributed by atoms with Crippen molar-refractivity contribution in [3.63, 3.8) is 0 Å². The lowest BCUT2D eigenvalue weighted by Gasteiger charge is -2.11. The topological polar surface area (TPSA) is 9.23 Å². The largest absolute Gasteiger partial charge is 0.487 e. The van der Waals surface area contributed by atoms with E-state index in [0.29, 0.717) is 0 Å². The molecule has 0 heterocycles. The maximum Gasteiger partial charge on any atom is 0.278 e. The zero-order valence-corrected chi connectivity index (χ0v) is 7.06. The van der Waals surface area contributed by atoms with Crippen molar-refractivity contribution in [1.82, 2.24) is 0 Å². The van der Waals surface area contributed by atoms with Crippen molar-refractivity contribution in [2.75, 3.05) is 6.61 Å². The maximum absolute atomic E-state index is 12.5. The third-order valence-corrected chi connectivity index (χ3v) is 1.29. The number of benzene rings is 1. The Morgan fingerprint density at radius 3 is 2.62 bits per heavy atom. The Hall–Kier alpha value is -1.19. The minimum absolute atomic E-state index is 0.113. The lowest BCUT2D eigenvalue weighted by molar-refractivity contribution is -0.0230. The molecular formula is C9H9F3O. The highest BCUT2D eigenvalue weighted by Crippen LogP contribution is 2.17. The molecule has 4 heteroatoms. The summed E-state index contributed by atoms with van der Waals surface area (Å²) in [6, 6.07) is 5.11. The lowest BCUT2D eigenvalue weighted by Crippen LogP contribution is -2.20. The van der Waals surface area contributed by atoms with Crippen LogP contribution in [0.15, 0.2) is 24.3 Å². The normalized spacial score (nSPS) is 11.4. The van der Waals surface area contributed by atoms with Crippen LogP contribution in [0.5, 0.6) is 5.75 Å². The molecule has 0 aliphatic carbocycles. The molecular weight excluding hydrogens is 181 g/mol. The Bertz CT molecular complexity index is 280. The average molecular weight is 190 g/mol. The second-order valence-electron chi connectivity index (χ2n) is 2.82. The molecule has 0 unspecified atom stereocenters. The van der Waals surface area contributed by atoms with E-state index in [1.54, 1.807) is 0 Å². The van der Waals surface area contributed by atoms with Crippen LogP contribution in [0.2, 0.25) is 0 Å². The van der Waals surface area contributed by atoms with Crippen LogP contribution in [-0.2, 0) is 0 Å². The molecule has 0 fully saturated rings. The standard InChI is InChI=1S/C9H9F3O/c1-9(11,12)6-13-8-4-2-3-7(10)5-8/h2-5H,6H2,1H3. The summed E-state index contributed by atoms with van der Waals surface area (Å²) < 4.78 is 41.8. The molecule has 0 atom stereocenters. The van der Waals surface area contributed by atoms with Crippen LogP contribution >= 0.6 is 0 Å². The van der Waals surface area contributed by atoms with Crippen LogP contribution in [0.1, 0.15) is 6.92 Å². The molecule has 1 aromatic carbocycles. The van der Waals surface area contributed by atoms with E-state index in [2.05, 4.69) is 4.74 Å². The van der Waals surface area contributed by atoms with Gasteiger partial charge in [-0.15, -0.1) is 0 Å². The van der Waals surface area contributed by atoms with Gasteiger partial charge in [-0.25, -0.2) is 13.2 Å². The second kappa shape index (κ2) is 3.68. The molecule has 1 rings (SSSR count). The molecule has 0 aliphatic rings. The van der Waals surface area contributed by atoms with Gasteiger partial charge in [0.05, 0.1) is 0 Å². The first kappa shape index (κ1) is 9.89. The Morgan fingerprint density at radius 2 is 2.08 bits per heavy atom. The molecule has 13 heavy (non-hydrogen) atoms. The second-order valence-corrected chi connectivity index (χ2v) is 2.82. The van der Waals surface area contributed by atoms with Crippen LogP contribution in [0.25, 0.3) is 0 Å². The van der Waals surface area contributed by atoms with Crippen LogP contribution in [0.4, 0.5) is 13.2 Å². The van der Waals surface area contributed by atoms with Crippen LogP contribution in [0.3, 0.4) is 0 Å². The molecule has 1 aromatic rings. The number of alkyl halides is 2. The third kappa shape index (κ3) is 3.83. The first-order chi connectivity index (χ1) is 5.97. The number of halogens is 3. The van der Waals surface area contributed by atoms with Gasteiger partial charge in [-0.2, -0.15) is 0 Å². The number of ether oxygens (including phenoxy) is 1. The SMILES string of the molecule is CC(F)(F)COc1cccc(F)c1. The van der Waals surface area contributed by atoms with Gasteiger partial charge >= 0.3 is 0 Å². The lowest BCUT2D eigenvalue weighted by atomic mass is 10.3. The van der Waals surface area contributed by atoms with Gasteiger partial charge in [-0.05, 0) is 12.1 Å². The zero-order chi connectivity index (χ0) is 9.90. The first-order valence-electron chi connectivity index (χ1n) is 3.73. The molecule has 0 amide bonds. The summed E-state index contributed by atoms with van der Waals surface area (Å²) in [6.45, 7) is 0.00273. The predicted molar refractivity (Wildman–Crippen MR) is 42.5 cm³/mol. The predicted octanol–water partition coefficient (Wildman–Crippen LogP) is 2.86. The van der Waals surface area contributed by atoms with Crippen molar-refractivity contribution >= 4 is 0 Å².